The Morgan fingerprint density at radius 1 is 1.25 bits per heavy atom. The minimum absolute atomic E-state index is 0.289. The second kappa shape index (κ2) is 11.3. The maximum Gasteiger partial charge on any atom is 0.322 e. The van der Waals surface area contributed by atoms with Gasteiger partial charge in [0.15, 0.2) is 0 Å². The van der Waals surface area contributed by atoms with Crippen LogP contribution in [0.2, 0.25) is 0 Å². The van der Waals surface area contributed by atoms with Crippen LogP contribution in [0.5, 0.6) is 0 Å². The minimum Gasteiger partial charge on any atom is -0.465 e. The van der Waals surface area contributed by atoms with E-state index in [1.54, 1.807) is 0 Å². The largest absolute Gasteiger partial charge is 0.465 e. The van der Waals surface area contributed by atoms with Crippen LogP contribution in [-0.4, -0.2) is 24.4 Å². The molecule has 0 saturated carbocycles. The average Bonchev–Trinajstić information content (AvgIpc) is 2.28. The van der Waals surface area contributed by atoms with Gasteiger partial charge in [0.1, 0.15) is 6.04 Å². The summed E-state index contributed by atoms with van der Waals surface area (Å²) in [5.74, 6) is 0.329. The van der Waals surface area contributed by atoms with Crippen molar-refractivity contribution in [3.05, 3.63) is 0 Å². The lowest BCUT2D eigenvalue weighted by molar-refractivity contribution is -0.145. The normalized spacial score (nSPS) is 12.4. The fraction of sp³-hybridized carbons (Fsp3) is 0.917. The van der Waals surface area contributed by atoms with Crippen LogP contribution < -0.4 is 5.73 Å². The molecule has 0 bridgehead atoms. The monoisotopic (exact) mass is 247 g/mol. The van der Waals surface area contributed by atoms with E-state index in [0.717, 1.165) is 12.8 Å². The average molecular weight is 247 g/mol. The Balaban J connectivity index is 3.27. The van der Waals surface area contributed by atoms with E-state index in [-0.39, 0.29) is 5.97 Å². The zero-order valence-electron chi connectivity index (χ0n) is 10.3. The molecule has 0 heterocycles. The van der Waals surface area contributed by atoms with E-state index in [4.69, 9.17) is 10.5 Å². The lowest BCUT2D eigenvalue weighted by Gasteiger charge is -2.09. The summed E-state index contributed by atoms with van der Waals surface area (Å²) in [6.45, 7) is 2.70. The standard InChI is InChI=1S/C12H25NO2S/c1-2-3-4-5-6-7-9-15-12(14)11(13)8-10-16/h11,16H,2-10,13H2,1H3/t11-/m0/s1. The van der Waals surface area contributed by atoms with Crippen LogP contribution >= 0.6 is 12.6 Å². The van der Waals surface area contributed by atoms with Crippen molar-refractivity contribution in [3.8, 4) is 0 Å². The molecule has 0 saturated heterocycles. The first-order chi connectivity index (χ1) is 7.72. The Kier molecular flexibility index (Phi) is 11.1. The van der Waals surface area contributed by atoms with Gasteiger partial charge < -0.3 is 10.5 Å². The third kappa shape index (κ3) is 9.04. The van der Waals surface area contributed by atoms with Gasteiger partial charge in [-0.2, -0.15) is 12.6 Å². The highest BCUT2D eigenvalue weighted by molar-refractivity contribution is 7.80. The molecule has 0 unspecified atom stereocenters. The van der Waals surface area contributed by atoms with E-state index in [2.05, 4.69) is 19.6 Å². The first kappa shape index (κ1) is 15.8. The van der Waals surface area contributed by atoms with Gasteiger partial charge in [-0.15, -0.1) is 0 Å². The van der Waals surface area contributed by atoms with Crippen molar-refractivity contribution in [2.24, 2.45) is 5.73 Å². The lowest BCUT2D eigenvalue weighted by Crippen LogP contribution is -2.32. The summed E-state index contributed by atoms with van der Waals surface area (Å²) < 4.78 is 5.07. The highest BCUT2D eigenvalue weighted by Gasteiger charge is 2.13. The van der Waals surface area contributed by atoms with Crippen molar-refractivity contribution in [2.45, 2.75) is 57.9 Å². The maximum absolute atomic E-state index is 11.3. The fourth-order valence-electron chi connectivity index (χ4n) is 1.42. The van der Waals surface area contributed by atoms with Gasteiger partial charge in [-0.3, -0.25) is 4.79 Å². The van der Waals surface area contributed by atoms with Crippen molar-refractivity contribution in [1.29, 1.82) is 0 Å². The molecule has 2 N–H and O–H groups in total. The van der Waals surface area contributed by atoms with Crippen molar-refractivity contribution in [1.82, 2.24) is 0 Å². The Morgan fingerprint density at radius 2 is 1.88 bits per heavy atom. The van der Waals surface area contributed by atoms with Crippen LogP contribution in [0.3, 0.4) is 0 Å². The highest BCUT2D eigenvalue weighted by Crippen LogP contribution is 2.05. The van der Waals surface area contributed by atoms with Crippen LogP contribution in [0.25, 0.3) is 0 Å². The Hall–Kier alpha value is -0.220. The number of rotatable bonds is 10. The third-order valence-corrected chi connectivity index (χ3v) is 2.74. The van der Waals surface area contributed by atoms with E-state index in [0.29, 0.717) is 18.8 Å². The van der Waals surface area contributed by atoms with Crippen molar-refractivity contribution in [2.75, 3.05) is 12.4 Å². The van der Waals surface area contributed by atoms with E-state index in [9.17, 15) is 4.79 Å². The predicted molar refractivity (Wildman–Crippen MR) is 70.8 cm³/mol. The van der Waals surface area contributed by atoms with E-state index in [1.165, 1.54) is 25.7 Å². The molecule has 0 fully saturated rings. The zero-order chi connectivity index (χ0) is 12.2. The topological polar surface area (TPSA) is 52.3 Å². The molecule has 0 aromatic heterocycles. The smallest absolute Gasteiger partial charge is 0.322 e. The fourth-order valence-corrected chi connectivity index (χ4v) is 1.70. The molecule has 0 rings (SSSR count). The van der Waals surface area contributed by atoms with Crippen molar-refractivity contribution in [3.63, 3.8) is 0 Å². The van der Waals surface area contributed by atoms with E-state index in [1.807, 2.05) is 0 Å². The van der Waals surface area contributed by atoms with Crippen LogP contribution in [0.4, 0.5) is 0 Å². The molecule has 0 aromatic rings. The van der Waals surface area contributed by atoms with Gasteiger partial charge >= 0.3 is 5.97 Å². The minimum atomic E-state index is -0.502. The van der Waals surface area contributed by atoms with Crippen LogP contribution in [0.1, 0.15) is 51.9 Å². The molecule has 0 aliphatic heterocycles. The summed E-state index contributed by atoms with van der Waals surface area (Å²) in [5, 5.41) is 0. The molecule has 3 nitrogen and oxygen atoms in total. The molecular weight excluding hydrogens is 222 g/mol. The lowest BCUT2D eigenvalue weighted by atomic mass is 10.1. The number of esters is 1. The van der Waals surface area contributed by atoms with Crippen molar-refractivity contribution < 1.29 is 9.53 Å². The quantitative estimate of drug-likeness (QED) is 0.354. The summed E-state index contributed by atoms with van der Waals surface area (Å²) >= 11 is 4.02. The Labute approximate surface area is 105 Å². The number of carbonyl (C=O) groups is 1. The van der Waals surface area contributed by atoms with Crippen LogP contribution in [-0.2, 0) is 9.53 Å². The molecule has 0 aromatic carbocycles. The number of unbranched alkanes of at least 4 members (excludes halogenated alkanes) is 5. The number of carbonyl (C=O) groups excluding carboxylic acids is 1. The number of thiol groups is 1. The van der Waals surface area contributed by atoms with Gasteiger partial charge in [-0.1, -0.05) is 39.0 Å². The Bertz CT molecular complexity index is 176. The van der Waals surface area contributed by atoms with E-state index < -0.39 is 6.04 Å². The van der Waals surface area contributed by atoms with Crippen LogP contribution in [0.15, 0.2) is 0 Å². The molecule has 16 heavy (non-hydrogen) atoms. The number of hydrogen-bond donors (Lipinski definition) is 2. The predicted octanol–water partition coefficient (Wildman–Crippen LogP) is 2.54. The summed E-state index contributed by atoms with van der Waals surface area (Å²) in [5.41, 5.74) is 5.58. The molecule has 0 aliphatic carbocycles. The van der Waals surface area contributed by atoms with Gasteiger partial charge in [0.25, 0.3) is 0 Å². The van der Waals surface area contributed by atoms with Gasteiger partial charge in [0.2, 0.25) is 0 Å². The first-order valence-corrected chi connectivity index (χ1v) is 6.88. The summed E-state index contributed by atoms with van der Waals surface area (Å²) in [7, 11) is 0. The number of nitrogens with two attached hydrogens (primary N) is 1. The second-order valence-corrected chi connectivity index (χ2v) is 4.50. The molecule has 96 valence electrons. The summed E-state index contributed by atoms with van der Waals surface area (Å²) in [6, 6.07) is -0.502. The summed E-state index contributed by atoms with van der Waals surface area (Å²) in [4.78, 5) is 11.3. The molecular formula is C12H25NO2S. The Morgan fingerprint density at radius 3 is 2.50 bits per heavy atom. The SMILES string of the molecule is CCCCCCCCOC(=O)[C@@H](N)CCS. The summed E-state index contributed by atoms with van der Waals surface area (Å²) in [6.07, 6.45) is 7.73. The molecule has 1 atom stereocenters. The van der Waals surface area contributed by atoms with Gasteiger partial charge in [-0.25, -0.2) is 0 Å². The van der Waals surface area contributed by atoms with E-state index >= 15 is 0 Å². The first-order valence-electron chi connectivity index (χ1n) is 6.25. The third-order valence-electron chi connectivity index (χ3n) is 2.49. The second-order valence-electron chi connectivity index (χ2n) is 4.05. The maximum atomic E-state index is 11.3. The molecule has 0 radical (unpaired) electrons. The van der Waals surface area contributed by atoms with Gasteiger partial charge in [0, 0.05) is 0 Å². The molecule has 0 spiro atoms. The number of ether oxygens (including phenoxy) is 1. The highest BCUT2D eigenvalue weighted by atomic mass is 32.1. The van der Waals surface area contributed by atoms with Crippen LogP contribution in [0, 0.1) is 0 Å². The molecule has 0 amide bonds. The number of hydrogen-bond acceptors (Lipinski definition) is 4. The van der Waals surface area contributed by atoms with Gasteiger partial charge in [0.05, 0.1) is 6.61 Å². The zero-order valence-corrected chi connectivity index (χ0v) is 11.2. The molecule has 0 aliphatic rings. The molecule has 4 heteroatoms. The van der Waals surface area contributed by atoms with Crippen molar-refractivity contribution >= 4 is 18.6 Å². The van der Waals surface area contributed by atoms with Gasteiger partial charge in [-0.05, 0) is 18.6 Å².